The molecule has 1 aromatic carbocycles. The number of hydrogen-bond donors (Lipinski definition) is 1. The highest BCUT2D eigenvalue weighted by molar-refractivity contribution is 7.91. The number of H-pyrrole nitrogens is 1. The van der Waals surface area contributed by atoms with Crippen LogP contribution in [0, 0.1) is 12.7 Å². The van der Waals surface area contributed by atoms with Gasteiger partial charge in [-0.2, -0.15) is 4.31 Å². The van der Waals surface area contributed by atoms with Crippen molar-refractivity contribution in [1.82, 2.24) is 9.29 Å². The number of aromatic nitrogens is 1. The van der Waals surface area contributed by atoms with Gasteiger partial charge in [0.25, 0.3) is 10.0 Å². The fourth-order valence-electron chi connectivity index (χ4n) is 3.05. The van der Waals surface area contributed by atoms with Crippen molar-refractivity contribution in [3.8, 4) is 0 Å². The van der Waals surface area contributed by atoms with Gasteiger partial charge >= 0.3 is 0 Å². The van der Waals surface area contributed by atoms with Crippen LogP contribution >= 0.6 is 11.3 Å². The first-order valence-corrected chi connectivity index (χ1v) is 9.56. The first-order chi connectivity index (χ1) is 10.9. The second-order valence-electron chi connectivity index (χ2n) is 5.73. The molecule has 1 aliphatic rings. The van der Waals surface area contributed by atoms with Crippen LogP contribution in [-0.4, -0.2) is 24.3 Å². The zero-order valence-corrected chi connectivity index (χ0v) is 14.1. The van der Waals surface area contributed by atoms with Gasteiger partial charge in [-0.05, 0) is 42.8 Å². The molecule has 3 heterocycles. The fourth-order valence-corrected chi connectivity index (χ4v) is 5.90. The molecule has 120 valence electrons. The minimum Gasteiger partial charge on any atom is -0.358 e. The summed E-state index contributed by atoms with van der Waals surface area (Å²) in [7, 11) is -3.47. The van der Waals surface area contributed by atoms with Crippen molar-refractivity contribution in [1.29, 1.82) is 0 Å². The summed E-state index contributed by atoms with van der Waals surface area (Å²) in [5.74, 6) is -0.297. The Bertz CT molecular complexity index is 1000. The molecule has 0 atom stereocenters. The minimum atomic E-state index is -3.47. The quantitative estimate of drug-likeness (QED) is 0.770. The maximum atomic E-state index is 13.4. The Morgan fingerprint density at radius 2 is 2.09 bits per heavy atom. The maximum Gasteiger partial charge on any atom is 0.252 e. The number of thiophene rings is 1. The van der Waals surface area contributed by atoms with Crippen molar-refractivity contribution in [2.24, 2.45) is 0 Å². The van der Waals surface area contributed by atoms with E-state index in [9.17, 15) is 12.8 Å². The van der Waals surface area contributed by atoms with Gasteiger partial charge in [0.1, 0.15) is 10.0 Å². The van der Waals surface area contributed by atoms with Crippen LogP contribution in [0.1, 0.15) is 16.1 Å². The Hall–Kier alpha value is -1.70. The van der Waals surface area contributed by atoms with Gasteiger partial charge in [0.05, 0.1) is 0 Å². The molecule has 0 radical (unpaired) electrons. The second kappa shape index (κ2) is 5.15. The van der Waals surface area contributed by atoms with Crippen LogP contribution in [0.3, 0.4) is 0 Å². The molecule has 0 aliphatic carbocycles. The van der Waals surface area contributed by atoms with Crippen LogP contribution in [0.4, 0.5) is 4.39 Å². The third-order valence-corrected chi connectivity index (χ3v) is 7.53. The number of aryl methyl sites for hydroxylation is 1. The monoisotopic (exact) mass is 350 g/mol. The molecule has 2 aromatic heterocycles. The van der Waals surface area contributed by atoms with E-state index in [2.05, 4.69) is 4.98 Å². The average molecular weight is 350 g/mol. The summed E-state index contributed by atoms with van der Waals surface area (Å²) in [5, 5.41) is 0.892. The van der Waals surface area contributed by atoms with Crippen LogP contribution in [0.2, 0.25) is 0 Å². The van der Waals surface area contributed by atoms with Crippen LogP contribution in [0.15, 0.2) is 34.5 Å². The van der Waals surface area contributed by atoms with Gasteiger partial charge in [0.15, 0.2) is 0 Å². The number of fused-ring (bicyclic) bond motifs is 3. The van der Waals surface area contributed by atoms with E-state index in [0.717, 1.165) is 27.0 Å². The highest BCUT2D eigenvalue weighted by Crippen LogP contribution is 2.32. The molecule has 4 rings (SSSR count). The first kappa shape index (κ1) is 14.9. The van der Waals surface area contributed by atoms with E-state index in [1.807, 2.05) is 13.0 Å². The normalized spacial score (nSPS) is 15.9. The lowest BCUT2D eigenvalue weighted by molar-refractivity contribution is 0.392. The van der Waals surface area contributed by atoms with Gasteiger partial charge in [0.2, 0.25) is 0 Å². The maximum absolute atomic E-state index is 13.4. The predicted octanol–water partition coefficient (Wildman–Crippen LogP) is 3.42. The molecule has 7 heteroatoms. The number of benzene rings is 1. The van der Waals surface area contributed by atoms with Crippen molar-refractivity contribution >= 4 is 32.3 Å². The smallest absolute Gasteiger partial charge is 0.252 e. The highest BCUT2D eigenvalue weighted by atomic mass is 32.2. The van der Waals surface area contributed by atoms with Gasteiger partial charge in [-0.3, -0.25) is 0 Å². The molecule has 0 saturated heterocycles. The number of nitrogens with one attached hydrogen (secondary N) is 1. The molecule has 1 aliphatic heterocycles. The van der Waals surface area contributed by atoms with Crippen LogP contribution in [0.25, 0.3) is 10.9 Å². The van der Waals surface area contributed by atoms with Gasteiger partial charge in [-0.15, -0.1) is 11.3 Å². The Kier molecular flexibility index (Phi) is 3.33. The standard InChI is InChI=1S/C16H15FN2O2S2/c1-10-2-5-16(22-10)23(20,21)19-7-6-14-13(9-19)12-4-3-11(17)8-15(12)18-14/h2-5,8,18H,6-7,9H2,1H3. The van der Waals surface area contributed by atoms with Gasteiger partial charge in [-0.1, -0.05) is 0 Å². The fraction of sp³-hybridized carbons (Fsp3) is 0.250. The van der Waals surface area contributed by atoms with E-state index < -0.39 is 10.0 Å². The number of hydrogen-bond acceptors (Lipinski definition) is 3. The van der Waals surface area contributed by atoms with E-state index >= 15 is 0 Å². The summed E-state index contributed by atoms with van der Waals surface area (Å²) in [6, 6.07) is 8.06. The third kappa shape index (κ3) is 2.39. The Labute approximate surface area is 137 Å². The number of aromatic amines is 1. The van der Waals surface area contributed by atoms with E-state index in [1.165, 1.54) is 27.8 Å². The number of rotatable bonds is 2. The van der Waals surface area contributed by atoms with Gasteiger partial charge in [0, 0.05) is 41.0 Å². The van der Waals surface area contributed by atoms with Crippen molar-refractivity contribution in [3.05, 3.63) is 52.3 Å². The molecule has 0 unspecified atom stereocenters. The van der Waals surface area contributed by atoms with Gasteiger partial charge < -0.3 is 4.98 Å². The van der Waals surface area contributed by atoms with Crippen LogP contribution < -0.4 is 0 Å². The summed E-state index contributed by atoms with van der Waals surface area (Å²) in [5.41, 5.74) is 2.67. The van der Waals surface area contributed by atoms with Crippen molar-refractivity contribution in [3.63, 3.8) is 0 Å². The number of halogens is 1. The Morgan fingerprint density at radius 1 is 1.26 bits per heavy atom. The molecular weight excluding hydrogens is 335 g/mol. The van der Waals surface area contributed by atoms with Crippen molar-refractivity contribution < 1.29 is 12.8 Å². The Morgan fingerprint density at radius 3 is 2.83 bits per heavy atom. The second-order valence-corrected chi connectivity index (χ2v) is 9.18. The lowest BCUT2D eigenvalue weighted by Crippen LogP contribution is -2.35. The summed E-state index contributed by atoms with van der Waals surface area (Å²) in [6.07, 6.45) is 0.606. The van der Waals surface area contributed by atoms with E-state index in [0.29, 0.717) is 23.7 Å². The molecule has 1 N–H and O–H groups in total. The van der Waals surface area contributed by atoms with Crippen molar-refractivity contribution in [2.75, 3.05) is 6.54 Å². The SMILES string of the molecule is Cc1ccc(S(=O)(=O)N2CCc3[nH]c4cc(F)ccc4c3C2)s1. The van der Waals surface area contributed by atoms with Crippen LogP contribution in [0.5, 0.6) is 0 Å². The molecule has 0 amide bonds. The summed E-state index contributed by atoms with van der Waals surface area (Å²) in [4.78, 5) is 4.19. The summed E-state index contributed by atoms with van der Waals surface area (Å²) < 4.78 is 40.8. The van der Waals surface area contributed by atoms with Crippen molar-refractivity contribution in [2.45, 2.75) is 24.1 Å². The molecule has 4 nitrogen and oxygen atoms in total. The van der Waals surface area contributed by atoms with Gasteiger partial charge in [-0.25, -0.2) is 12.8 Å². The highest BCUT2D eigenvalue weighted by Gasteiger charge is 2.31. The van der Waals surface area contributed by atoms with Crippen LogP contribution in [-0.2, 0) is 23.0 Å². The number of nitrogens with zero attached hydrogens (tertiary/aromatic N) is 1. The average Bonchev–Trinajstić information content (AvgIpc) is 3.09. The molecule has 0 fully saturated rings. The summed E-state index contributed by atoms with van der Waals surface area (Å²) in [6.45, 7) is 2.65. The predicted molar refractivity (Wildman–Crippen MR) is 88.6 cm³/mol. The molecule has 0 spiro atoms. The zero-order chi connectivity index (χ0) is 16.2. The lowest BCUT2D eigenvalue weighted by atomic mass is 10.1. The van der Waals surface area contributed by atoms with E-state index in [1.54, 1.807) is 12.1 Å². The van der Waals surface area contributed by atoms with E-state index in [-0.39, 0.29) is 5.82 Å². The first-order valence-electron chi connectivity index (χ1n) is 7.31. The zero-order valence-electron chi connectivity index (χ0n) is 12.5. The minimum absolute atomic E-state index is 0.297. The lowest BCUT2D eigenvalue weighted by Gasteiger charge is -2.25. The molecular formula is C16H15FN2O2S2. The Balaban J connectivity index is 1.75. The number of sulfonamides is 1. The molecule has 0 bridgehead atoms. The molecule has 3 aromatic rings. The molecule has 0 saturated carbocycles. The largest absolute Gasteiger partial charge is 0.358 e. The van der Waals surface area contributed by atoms with E-state index in [4.69, 9.17) is 0 Å². The topological polar surface area (TPSA) is 53.2 Å². The third-order valence-electron chi connectivity index (χ3n) is 4.21. The summed E-state index contributed by atoms with van der Waals surface area (Å²) >= 11 is 1.29. The molecule has 23 heavy (non-hydrogen) atoms.